The maximum atomic E-state index is 12.0. The summed E-state index contributed by atoms with van der Waals surface area (Å²) in [4.78, 5) is 15.8. The minimum atomic E-state index is -1.45. The first-order valence-electron chi connectivity index (χ1n) is 4.95. The average molecular weight is 241 g/mol. The van der Waals surface area contributed by atoms with Crippen LogP contribution in [0.25, 0.3) is 0 Å². The van der Waals surface area contributed by atoms with E-state index < -0.39 is 16.0 Å². The molecule has 1 amide bonds. The van der Waals surface area contributed by atoms with E-state index in [1.165, 1.54) is 12.4 Å². The minimum absolute atomic E-state index is 0.239. The molecule has 0 fully saturated rings. The van der Waals surface area contributed by atoms with Crippen molar-refractivity contribution in [3.05, 3.63) is 18.5 Å². The number of nitrogen functional groups attached to an aromatic ring is 1. The van der Waals surface area contributed by atoms with Gasteiger partial charge in [0.2, 0.25) is 5.91 Å². The van der Waals surface area contributed by atoms with E-state index in [0.717, 1.165) is 0 Å². The number of nitrogens with two attached hydrogens (primary N) is 1. The zero-order valence-electron chi connectivity index (χ0n) is 9.27. The highest BCUT2D eigenvalue weighted by Crippen LogP contribution is 2.17. The first-order valence-corrected chi connectivity index (χ1v) is 6.17. The molecule has 1 heterocycles. The summed E-state index contributed by atoms with van der Waals surface area (Å²) in [5.74, 6) is -0.239. The fourth-order valence-corrected chi connectivity index (χ4v) is 2.32. The molecule has 1 rings (SSSR count). The number of pyridine rings is 1. The van der Waals surface area contributed by atoms with Gasteiger partial charge >= 0.3 is 0 Å². The molecule has 0 saturated carbocycles. The zero-order chi connectivity index (χ0) is 12.1. The Balaban J connectivity index is 2.86. The van der Waals surface area contributed by atoms with Crippen LogP contribution in [0.2, 0.25) is 0 Å². The Bertz CT molecular complexity index is 409. The van der Waals surface area contributed by atoms with Crippen LogP contribution in [0.3, 0.4) is 0 Å². The summed E-state index contributed by atoms with van der Waals surface area (Å²) >= 11 is 0. The highest BCUT2D eigenvalue weighted by atomic mass is 32.2. The third-order valence-corrected chi connectivity index (χ3v) is 3.73. The highest BCUT2D eigenvalue weighted by Gasteiger charge is 2.22. The topological polar surface area (TPSA) is 85.1 Å². The second-order valence-corrected chi connectivity index (χ2v) is 4.99. The Morgan fingerprint density at radius 1 is 1.69 bits per heavy atom. The molecule has 0 aliphatic heterocycles. The van der Waals surface area contributed by atoms with Gasteiger partial charge < -0.3 is 11.1 Å². The van der Waals surface area contributed by atoms with E-state index in [1.54, 1.807) is 13.0 Å². The predicted molar refractivity (Wildman–Crippen MR) is 63.2 cm³/mol. The number of carbonyl (C=O) groups excluding carboxylic acids is 1. The van der Waals surface area contributed by atoms with E-state index in [1.807, 2.05) is 6.92 Å². The fraction of sp³-hybridized carbons (Fsp3) is 0.400. The van der Waals surface area contributed by atoms with Crippen molar-refractivity contribution >= 4 is 22.4 Å². The number of aromatic nitrogens is 1. The van der Waals surface area contributed by atoms with Gasteiger partial charge in [-0.1, -0.05) is 0 Å². The molecule has 88 valence electrons. The molecule has 0 radical (unpaired) electrons. The number of hydrogen-bond donors (Lipinski definition) is 2. The second-order valence-electron chi connectivity index (χ2n) is 3.25. The summed E-state index contributed by atoms with van der Waals surface area (Å²) in [7, 11) is -1.45. The molecular weight excluding hydrogens is 226 g/mol. The molecule has 0 aliphatic carbocycles. The van der Waals surface area contributed by atoms with Gasteiger partial charge in [0.1, 0.15) is 5.25 Å². The molecule has 6 heteroatoms. The molecule has 16 heavy (non-hydrogen) atoms. The van der Waals surface area contributed by atoms with Gasteiger partial charge in [-0.25, -0.2) is 0 Å². The Morgan fingerprint density at radius 3 is 2.94 bits per heavy atom. The van der Waals surface area contributed by atoms with Crippen molar-refractivity contribution < 1.29 is 9.00 Å². The predicted octanol–water partition coefficient (Wildman–Crippen LogP) is 0.296. The number of carbonyl (C=O) groups is 1. The van der Waals surface area contributed by atoms with E-state index in [0.29, 0.717) is 17.1 Å². The van der Waals surface area contributed by atoms with Gasteiger partial charge in [0.15, 0.2) is 0 Å². The Kier molecular flexibility index (Phi) is 4.42. The van der Waals surface area contributed by atoms with Crippen LogP contribution in [-0.2, 0) is 15.6 Å². The number of nitrogens with one attached hydrogen (secondary N) is 1. The maximum absolute atomic E-state index is 12.0. The summed E-state index contributed by atoms with van der Waals surface area (Å²) in [6.45, 7) is 3.95. The lowest BCUT2D eigenvalue weighted by Gasteiger charge is -2.12. The van der Waals surface area contributed by atoms with Gasteiger partial charge in [-0.15, -0.1) is 0 Å². The quantitative estimate of drug-likeness (QED) is 0.793. The molecule has 2 atom stereocenters. The van der Waals surface area contributed by atoms with Crippen LogP contribution in [0, 0.1) is 0 Å². The van der Waals surface area contributed by atoms with E-state index in [9.17, 15) is 9.00 Å². The van der Waals surface area contributed by atoms with Crippen LogP contribution in [0.5, 0.6) is 0 Å². The maximum Gasteiger partial charge on any atom is 0.235 e. The minimum Gasteiger partial charge on any atom is -0.396 e. The smallest absolute Gasteiger partial charge is 0.235 e. The van der Waals surface area contributed by atoms with E-state index in [2.05, 4.69) is 10.3 Å². The van der Waals surface area contributed by atoms with E-state index in [-0.39, 0.29) is 5.91 Å². The summed E-state index contributed by atoms with van der Waals surface area (Å²) in [5.41, 5.74) is 5.99. The number of hydrogen-bond acceptors (Lipinski definition) is 4. The Morgan fingerprint density at radius 2 is 2.38 bits per heavy atom. The first-order chi connectivity index (χ1) is 7.57. The Hall–Kier alpha value is -1.43. The lowest BCUT2D eigenvalue weighted by atomic mass is 10.4. The van der Waals surface area contributed by atoms with Gasteiger partial charge in [-0.2, -0.15) is 0 Å². The molecule has 1 aromatic heterocycles. The van der Waals surface area contributed by atoms with Crippen molar-refractivity contribution in [1.82, 2.24) is 10.3 Å². The normalized spacial score (nSPS) is 14.1. The summed E-state index contributed by atoms with van der Waals surface area (Å²) < 4.78 is 12.0. The van der Waals surface area contributed by atoms with Crippen molar-refractivity contribution in [2.24, 2.45) is 0 Å². The summed E-state index contributed by atoms with van der Waals surface area (Å²) in [5, 5.41) is 2.01. The SMILES string of the molecule is CCNC(=O)C(C)S(=O)c1ccncc1N. The lowest BCUT2D eigenvalue weighted by Crippen LogP contribution is -2.35. The average Bonchev–Trinajstić information content (AvgIpc) is 2.28. The van der Waals surface area contributed by atoms with Gasteiger partial charge in [0.05, 0.1) is 27.6 Å². The second kappa shape index (κ2) is 5.60. The van der Waals surface area contributed by atoms with Crippen LogP contribution < -0.4 is 11.1 Å². The van der Waals surface area contributed by atoms with Crippen molar-refractivity contribution in [3.8, 4) is 0 Å². The molecule has 0 bridgehead atoms. The first kappa shape index (κ1) is 12.6. The molecule has 0 saturated heterocycles. The van der Waals surface area contributed by atoms with Crippen molar-refractivity contribution in [2.75, 3.05) is 12.3 Å². The van der Waals surface area contributed by atoms with Gasteiger partial charge in [0, 0.05) is 12.7 Å². The summed E-state index contributed by atoms with van der Waals surface area (Å²) in [6.07, 6.45) is 2.94. The van der Waals surface area contributed by atoms with Crippen LogP contribution in [0.4, 0.5) is 5.69 Å². The fourth-order valence-electron chi connectivity index (χ4n) is 1.18. The van der Waals surface area contributed by atoms with Crippen LogP contribution in [-0.4, -0.2) is 26.9 Å². The molecule has 5 nitrogen and oxygen atoms in total. The van der Waals surface area contributed by atoms with Crippen molar-refractivity contribution in [3.63, 3.8) is 0 Å². The monoisotopic (exact) mass is 241 g/mol. The molecule has 1 aromatic rings. The number of nitrogens with zero attached hydrogens (tertiary/aromatic N) is 1. The molecule has 0 aromatic carbocycles. The van der Waals surface area contributed by atoms with Gasteiger partial charge in [0.25, 0.3) is 0 Å². The molecule has 2 unspecified atom stereocenters. The third kappa shape index (κ3) is 2.79. The largest absolute Gasteiger partial charge is 0.396 e. The standard InChI is InChI=1S/C10H15N3O2S/c1-3-13-10(14)7(2)16(15)9-4-5-12-6-8(9)11/h4-7H,3,11H2,1-2H3,(H,13,14). The summed E-state index contributed by atoms with van der Waals surface area (Å²) in [6, 6.07) is 1.57. The van der Waals surface area contributed by atoms with Crippen LogP contribution in [0.1, 0.15) is 13.8 Å². The van der Waals surface area contributed by atoms with Gasteiger partial charge in [-0.3, -0.25) is 14.0 Å². The number of rotatable bonds is 4. The van der Waals surface area contributed by atoms with Crippen LogP contribution in [0.15, 0.2) is 23.4 Å². The van der Waals surface area contributed by atoms with E-state index >= 15 is 0 Å². The highest BCUT2D eigenvalue weighted by molar-refractivity contribution is 7.86. The van der Waals surface area contributed by atoms with E-state index in [4.69, 9.17) is 5.73 Å². The van der Waals surface area contributed by atoms with Crippen LogP contribution >= 0.6 is 0 Å². The van der Waals surface area contributed by atoms with Crippen molar-refractivity contribution in [1.29, 1.82) is 0 Å². The van der Waals surface area contributed by atoms with Crippen molar-refractivity contribution in [2.45, 2.75) is 24.0 Å². The Labute approximate surface area is 96.9 Å². The molecule has 3 N–H and O–H groups in total. The number of amides is 1. The molecule has 0 aliphatic rings. The zero-order valence-corrected chi connectivity index (χ0v) is 10.1. The molecule has 0 spiro atoms. The number of anilines is 1. The molecular formula is C10H15N3O2S. The third-order valence-electron chi connectivity index (χ3n) is 2.07. The lowest BCUT2D eigenvalue weighted by molar-refractivity contribution is -0.120. The van der Waals surface area contributed by atoms with Gasteiger partial charge in [-0.05, 0) is 19.9 Å².